The zero-order chi connectivity index (χ0) is 25.1. The average Bonchev–Trinajstić information content (AvgIpc) is 3.46. The highest BCUT2D eigenvalue weighted by molar-refractivity contribution is 6.01. The molecule has 0 bridgehead atoms. The number of allylic oxidation sites excluding steroid dienone is 1. The summed E-state index contributed by atoms with van der Waals surface area (Å²) in [6.45, 7) is 6.96. The Balaban J connectivity index is 1.45. The molecule has 5 aromatic carbocycles. The van der Waals surface area contributed by atoms with Gasteiger partial charge in [0.05, 0.1) is 0 Å². The minimum Gasteiger partial charge on any atom is -0.0625 e. The molecule has 1 atom stereocenters. The molecule has 0 heteroatoms. The lowest BCUT2D eigenvalue weighted by Gasteiger charge is -2.22. The van der Waals surface area contributed by atoms with Crippen LogP contribution in [0.5, 0.6) is 0 Å². The summed E-state index contributed by atoms with van der Waals surface area (Å²) in [6, 6.07) is 36.3. The zero-order valence-corrected chi connectivity index (χ0v) is 21.9. The molecule has 0 heterocycles. The molecule has 0 aliphatic heterocycles. The Morgan fingerprint density at radius 1 is 0.703 bits per heavy atom. The molecular formula is C37H32. The number of fused-ring (bicyclic) bond motifs is 5. The SMILES string of the molecule is Cc1ccc2ccccc2c1-c1cccc2c1C=C(CC(C)C)C2c1cccc2c1Cc1ccccc1-2. The summed E-state index contributed by atoms with van der Waals surface area (Å²) in [5, 5.41) is 2.65. The monoisotopic (exact) mass is 476 g/mol. The summed E-state index contributed by atoms with van der Waals surface area (Å²) >= 11 is 0. The van der Waals surface area contributed by atoms with Crippen LogP contribution in [0.1, 0.15) is 59.6 Å². The zero-order valence-electron chi connectivity index (χ0n) is 21.9. The Kier molecular flexibility index (Phi) is 5.18. The molecule has 0 N–H and O–H groups in total. The predicted molar refractivity (Wildman–Crippen MR) is 158 cm³/mol. The highest BCUT2D eigenvalue weighted by Gasteiger charge is 2.33. The van der Waals surface area contributed by atoms with Crippen LogP contribution in [0.3, 0.4) is 0 Å². The molecule has 0 aromatic heterocycles. The predicted octanol–water partition coefficient (Wildman–Crippen LogP) is 9.96. The Bertz CT molecular complexity index is 1710. The van der Waals surface area contributed by atoms with Crippen molar-refractivity contribution >= 4 is 16.8 Å². The minimum atomic E-state index is 0.317. The van der Waals surface area contributed by atoms with Crippen LogP contribution < -0.4 is 0 Å². The van der Waals surface area contributed by atoms with Crippen LogP contribution in [-0.2, 0) is 6.42 Å². The first kappa shape index (κ1) is 22.3. The van der Waals surface area contributed by atoms with Crippen LogP contribution in [0.2, 0.25) is 0 Å². The van der Waals surface area contributed by atoms with Gasteiger partial charge in [-0.2, -0.15) is 0 Å². The Morgan fingerprint density at radius 3 is 2.30 bits per heavy atom. The lowest BCUT2D eigenvalue weighted by Crippen LogP contribution is -2.07. The van der Waals surface area contributed by atoms with E-state index in [9.17, 15) is 0 Å². The molecule has 180 valence electrons. The Morgan fingerprint density at radius 2 is 1.43 bits per heavy atom. The fourth-order valence-electron chi connectivity index (χ4n) is 6.89. The normalized spacial score (nSPS) is 15.6. The largest absolute Gasteiger partial charge is 0.0625 e. The molecule has 2 aliphatic rings. The molecule has 37 heavy (non-hydrogen) atoms. The lowest BCUT2D eigenvalue weighted by molar-refractivity contribution is 0.625. The highest BCUT2D eigenvalue weighted by Crippen LogP contribution is 2.51. The maximum absolute atomic E-state index is 2.54. The first-order chi connectivity index (χ1) is 18.1. The van der Waals surface area contributed by atoms with E-state index >= 15 is 0 Å². The van der Waals surface area contributed by atoms with E-state index in [-0.39, 0.29) is 0 Å². The van der Waals surface area contributed by atoms with Crippen LogP contribution in [0.15, 0.2) is 103 Å². The highest BCUT2D eigenvalue weighted by atomic mass is 14.4. The summed E-state index contributed by atoms with van der Waals surface area (Å²) in [5.74, 6) is 0.927. The fraction of sp³-hybridized carbons (Fsp3) is 0.189. The van der Waals surface area contributed by atoms with Gasteiger partial charge in [-0.3, -0.25) is 0 Å². The van der Waals surface area contributed by atoms with Gasteiger partial charge in [0.1, 0.15) is 0 Å². The van der Waals surface area contributed by atoms with Gasteiger partial charge in [-0.1, -0.05) is 123 Å². The molecule has 7 rings (SSSR count). The molecule has 1 unspecified atom stereocenters. The van der Waals surface area contributed by atoms with Crippen molar-refractivity contribution in [2.45, 2.75) is 39.5 Å². The third kappa shape index (κ3) is 3.50. The van der Waals surface area contributed by atoms with Crippen molar-refractivity contribution < 1.29 is 0 Å². The first-order valence-corrected chi connectivity index (χ1v) is 13.6. The van der Waals surface area contributed by atoms with Crippen molar-refractivity contribution in [3.8, 4) is 22.3 Å². The molecular weight excluding hydrogens is 444 g/mol. The van der Waals surface area contributed by atoms with Gasteiger partial charge in [-0.05, 0) is 92.1 Å². The molecule has 5 aromatic rings. The van der Waals surface area contributed by atoms with Crippen LogP contribution in [0, 0.1) is 12.8 Å². The van der Waals surface area contributed by atoms with E-state index in [1.54, 1.807) is 5.57 Å². The van der Waals surface area contributed by atoms with Gasteiger partial charge in [0, 0.05) is 5.92 Å². The van der Waals surface area contributed by atoms with Crippen LogP contribution in [-0.4, -0.2) is 0 Å². The standard InChI is InChI=1S/C37H32/c1-23(2)20-27-22-35-31(36-24(3)18-19-25-10-4-7-13-29(25)36)15-9-17-33(35)37(27)32-16-8-14-30-28-12-6-5-11-26(28)21-34(30)32/h4-19,22-23,37H,20-21H2,1-3H3. The fourth-order valence-corrected chi connectivity index (χ4v) is 6.89. The van der Waals surface area contributed by atoms with Gasteiger partial charge < -0.3 is 0 Å². The summed E-state index contributed by atoms with van der Waals surface area (Å²) in [6.07, 6.45) is 4.69. The quantitative estimate of drug-likeness (QED) is 0.237. The van der Waals surface area contributed by atoms with Crippen LogP contribution in [0.4, 0.5) is 0 Å². The molecule has 0 fully saturated rings. The van der Waals surface area contributed by atoms with E-state index in [2.05, 4.69) is 124 Å². The second kappa shape index (κ2) is 8.60. The van der Waals surface area contributed by atoms with E-state index in [1.165, 1.54) is 66.4 Å². The number of benzene rings is 5. The minimum absolute atomic E-state index is 0.317. The second-order valence-corrected chi connectivity index (χ2v) is 11.2. The van der Waals surface area contributed by atoms with Gasteiger partial charge in [0.25, 0.3) is 0 Å². The summed E-state index contributed by atoms with van der Waals surface area (Å²) < 4.78 is 0. The third-order valence-electron chi connectivity index (χ3n) is 8.40. The lowest BCUT2D eigenvalue weighted by atomic mass is 9.81. The topological polar surface area (TPSA) is 0 Å². The van der Waals surface area contributed by atoms with E-state index in [0.29, 0.717) is 11.8 Å². The molecule has 0 nitrogen and oxygen atoms in total. The van der Waals surface area contributed by atoms with Crippen molar-refractivity contribution in [1.29, 1.82) is 0 Å². The summed E-state index contributed by atoms with van der Waals surface area (Å²) in [5.41, 5.74) is 15.8. The van der Waals surface area contributed by atoms with Gasteiger partial charge in [0.15, 0.2) is 0 Å². The summed E-state index contributed by atoms with van der Waals surface area (Å²) in [4.78, 5) is 0. The molecule has 0 saturated carbocycles. The summed E-state index contributed by atoms with van der Waals surface area (Å²) in [7, 11) is 0. The third-order valence-corrected chi connectivity index (χ3v) is 8.40. The second-order valence-electron chi connectivity index (χ2n) is 11.2. The maximum atomic E-state index is 2.54. The molecule has 0 spiro atoms. The number of hydrogen-bond donors (Lipinski definition) is 0. The molecule has 0 saturated heterocycles. The molecule has 0 radical (unpaired) electrons. The number of aryl methyl sites for hydroxylation is 1. The maximum Gasteiger partial charge on any atom is 0.0311 e. The van der Waals surface area contributed by atoms with Gasteiger partial charge >= 0.3 is 0 Å². The van der Waals surface area contributed by atoms with E-state index < -0.39 is 0 Å². The molecule has 0 amide bonds. The van der Waals surface area contributed by atoms with Gasteiger partial charge in [0.2, 0.25) is 0 Å². The van der Waals surface area contributed by atoms with Crippen LogP contribution in [0.25, 0.3) is 39.1 Å². The van der Waals surface area contributed by atoms with Crippen molar-refractivity contribution in [3.63, 3.8) is 0 Å². The van der Waals surface area contributed by atoms with E-state index in [4.69, 9.17) is 0 Å². The number of hydrogen-bond acceptors (Lipinski definition) is 0. The van der Waals surface area contributed by atoms with E-state index in [0.717, 1.165) is 12.8 Å². The van der Waals surface area contributed by atoms with Gasteiger partial charge in [-0.15, -0.1) is 0 Å². The Hall–Kier alpha value is -3.90. The van der Waals surface area contributed by atoms with Crippen molar-refractivity contribution in [1.82, 2.24) is 0 Å². The van der Waals surface area contributed by atoms with Gasteiger partial charge in [-0.25, -0.2) is 0 Å². The Labute approximate surface area is 220 Å². The average molecular weight is 477 g/mol. The van der Waals surface area contributed by atoms with E-state index in [1.807, 2.05) is 0 Å². The van der Waals surface area contributed by atoms with Crippen molar-refractivity contribution in [2.75, 3.05) is 0 Å². The van der Waals surface area contributed by atoms with Crippen molar-refractivity contribution in [2.24, 2.45) is 5.92 Å². The molecule has 2 aliphatic carbocycles. The van der Waals surface area contributed by atoms with Crippen LogP contribution >= 0.6 is 0 Å². The number of rotatable bonds is 4. The van der Waals surface area contributed by atoms with Crippen molar-refractivity contribution in [3.05, 3.63) is 136 Å². The smallest absolute Gasteiger partial charge is 0.0311 e. The first-order valence-electron chi connectivity index (χ1n) is 13.6.